The molecule has 3 aromatic rings. The second-order valence-corrected chi connectivity index (χ2v) is 5.25. The van der Waals surface area contributed by atoms with Gasteiger partial charge in [-0.25, -0.2) is 4.98 Å². The molecule has 0 saturated carbocycles. The van der Waals surface area contributed by atoms with Gasteiger partial charge in [0.25, 0.3) is 5.56 Å². The van der Waals surface area contributed by atoms with Gasteiger partial charge in [0.05, 0.1) is 11.3 Å². The smallest absolute Gasteiger partial charge is 0.258 e. The molecule has 0 aliphatic rings. The molecular weight excluding hydrogens is 280 g/mol. The van der Waals surface area contributed by atoms with Crippen molar-refractivity contribution < 1.29 is 0 Å². The molecule has 94 valence electrons. The van der Waals surface area contributed by atoms with Crippen LogP contribution in [-0.2, 0) is 0 Å². The fraction of sp³-hybridized carbons (Fsp3) is 0. The number of hydrogen-bond donors (Lipinski definition) is 1. The molecule has 1 N–H and O–H groups in total. The lowest BCUT2D eigenvalue weighted by Gasteiger charge is -1.96. The fourth-order valence-corrected chi connectivity index (χ4v) is 2.72. The summed E-state index contributed by atoms with van der Waals surface area (Å²) in [6.07, 6.45) is 1.61. The van der Waals surface area contributed by atoms with Crippen molar-refractivity contribution >= 4 is 22.9 Å². The van der Waals surface area contributed by atoms with E-state index in [1.165, 1.54) is 11.3 Å². The molecule has 1 aromatic carbocycles. The number of halogens is 1. The lowest BCUT2D eigenvalue weighted by atomic mass is 10.2. The Morgan fingerprint density at radius 3 is 2.68 bits per heavy atom. The average Bonchev–Trinajstić information content (AvgIpc) is 2.89. The van der Waals surface area contributed by atoms with Gasteiger partial charge in [0.1, 0.15) is 5.01 Å². The fourth-order valence-electron chi connectivity index (χ4n) is 1.74. The first-order chi connectivity index (χ1) is 9.24. The zero-order chi connectivity index (χ0) is 13.2. The van der Waals surface area contributed by atoms with Crippen molar-refractivity contribution in [3.8, 4) is 21.8 Å². The van der Waals surface area contributed by atoms with Gasteiger partial charge >= 0.3 is 0 Å². The molecule has 5 heteroatoms. The van der Waals surface area contributed by atoms with Gasteiger partial charge in [-0.1, -0.05) is 23.7 Å². The van der Waals surface area contributed by atoms with Crippen LogP contribution in [0.25, 0.3) is 21.8 Å². The largest absolute Gasteiger partial charge is 0.329 e. The summed E-state index contributed by atoms with van der Waals surface area (Å²) in [5.74, 6) is 0. The average molecular weight is 289 g/mol. The highest BCUT2D eigenvalue weighted by Crippen LogP contribution is 2.27. The van der Waals surface area contributed by atoms with Crippen molar-refractivity contribution in [3.63, 3.8) is 0 Å². The number of hydrogen-bond acceptors (Lipinski definition) is 3. The van der Waals surface area contributed by atoms with Crippen LogP contribution >= 0.6 is 22.9 Å². The van der Waals surface area contributed by atoms with Gasteiger partial charge in [0, 0.05) is 22.2 Å². The van der Waals surface area contributed by atoms with E-state index in [0.717, 1.165) is 11.3 Å². The van der Waals surface area contributed by atoms with E-state index in [0.29, 0.717) is 15.6 Å². The van der Waals surface area contributed by atoms with Gasteiger partial charge in [-0.05, 0) is 24.3 Å². The van der Waals surface area contributed by atoms with Crippen molar-refractivity contribution in [2.24, 2.45) is 0 Å². The molecular formula is C14H9ClN2OS. The Bertz CT molecular complexity index is 761. The summed E-state index contributed by atoms with van der Waals surface area (Å²) >= 11 is 7.31. The van der Waals surface area contributed by atoms with E-state index in [1.807, 2.05) is 29.6 Å². The van der Waals surface area contributed by atoms with Crippen LogP contribution < -0.4 is 5.56 Å². The zero-order valence-electron chi connectivity index (χ0n) is 9.76. The standard InChI is InChI=1S/C14H9ClN2OS/c15-10-5-3-9(4-6-10)12-8-19-14(17-12)11-2-1-7-16-13(11)18/h1-8H,(H,16,18). The molecule has 3 rings (SSSR count). The summed E-state index contributed by atoms with van der Waals surface area (Å²) in [7, 11) is 0. The van der Waals surface area contributed by atoms with Crippen LogP contribution in [0.1, 0.15) is 0 Å². The molecule has 0 fully saturated rings. The maximum atomic E-state index is 11.7. The summed E-state index contributed by atoms with van der Waals surface area (Å²) in [6, 6.07) is 11.0. The van der Waals surface area contributed by atoms with Crippen LogP contribution in [0.4, 0.5) is 0 Å². The Hall–Kier alpha value is -1.91. The molecule has 3 nitrogen and oxygen atoms in total. The first-order valence-corrected chi connectivity index (χ1v) is 6.89. The van der Waals surface area contributed by atoms with Gasteiger partial charge in [-0.2, -0.15) is 0 Å². The first-order valence-electron chi connectivity index (χ1n) is 5.63. The lowest BCUT2D eigenvalue weighted by Crippen LogP contribution is -2.06. The van der Waals surface area contributed by atoms with Crippen LogP contribution in [0.15, 0.2) is 52.8 Å². The molecule has 0 bridgehead atoms. The maximum Gasteiger partial charge on any atom is 0.258 e. The van der Waals surface area contributed by atoms with Gasteiger partial charge in [-0.3, -0.25) is 4.79 Å². The Morgan fingerprint density at radius 1 is 1.16 bits per heavy atom. The Balaban J connectivity index is 2.02. The number of H-pyrrole nitrogens is 1. The summed E-state index contributed by atoms with van der Waals surface area (Å²) in [5.41, 5.74) is 2.30. The van der Waals surface area contributed by atoms with Crippen LogP contribution in [0.5, 0.6) is 0 Å². The number of thiazole rings is 1. The number of pyridine rings is 1. The number of nitrogens with zero attached hydrogens (tertiary/aromatic N) is 1. The molecule has 2 heterocycles. The van der Waals surface area contributed by atoms with E-state index in [-0.39, 0.29) is 5.56 Å². The number of aromatic nitrogens is 2. The SMILES string of the molecule is O=c1[nH]cccc1-c1nc(-c2ccc(Cl)cc2)cs1. The summed E-state index contributed by atoms with van der Waals surface area (Å²) in [6.45, 7) is 0. The maximum absolute atomic E-state index is 11.7. The van der Waals surface area contributed by atoms with Crippen LogP contribution in [0.3, 0.4) is 0 Å². The van der Waals surface area contributed by atoms with E-state index >= 15 is 0 Å². The molecule has 0 saturated heterocycles. The minimum atomic E-state index is -0.125. The second-order valence-electron chi connectivity index (χ2n) is 3.96. The van der Waals surface area contributed by atoms with Gasteiger partial charge < -0.3 is 4.98 Å². The molecule has 0 radical (unpaired) electrons. The quantitative estimate of drug-likeness (QED) is 0.779. The third-order valence-electron chi connectivity index (χ3n) is 2.69. The normalized spacial score (nSPS) is 10.6. The molecule has 0 spiro atoms. The summed E-state index contributed by atoms with van der Waals surface area (Å²) in [5, 5.41) is 3.34. The minimum Gasteiger partial charge on any atom is -0.329 e. The number of benzene rings is 1. The van der Waals surface area contributed by atoms with Crippen molar-refractivity contribution in [3.05, 3.63) is 63.4 Å². The van der Waals surface area contributed by atoms with Crippen LogP contribution in [0.2, 0.25) is 5.02 Å². The predicted octanol–water partition coefficient (Wildman–Crippen LogP) is 3.82. The highest BCUT2D eigenvalue weighted by atomic mass is 35.5. The highest BCUT2D eigenvalue weighted by Gasteiger charge is 2.09. The van der Waals surface area contributed by atoms with E-state index < -0.39 is 0 Å². The van der Waals surface area contributed by atoms with Crippen molar-refractivity contribution in [1.29, 1.82) is 0 Å². The molecule has 0 unspecified atom stereocenters. The Labute approximate surface area is 118 Å². The van der Waals surface area contributed by atoms with E-state index in [1.54, 1.807) is 18.3 Å². The topological polar surface area (TPSA) is 45.8 Å². The number of nitrogens with one attached hydrogen (secondary N) is 1. The van der Waals surface area contributed by atoms with Gasteiger partial charge in [-0.15, -0.1) is 11.3 Å². The third-order valence-corrected chi connectivity index (χ3v) is 3.82. The van der Waals surface area contributed by atoms with Crippen molar-refractivity contribution in [2.45, 2.75) is 0 Å². The Kier molecular flexibility index (Phi) is 3.19. The Morgan fingerprint density at radius 2 is 1.95 bits per heavy atom. The number of aromatic amines is 1. The first kappa shape index (κ1) is 12.1. The van der Waals surface area contributed by atoms with E-state index in [2.05, 4.69) is 9.97 Å². The molecule has 2 aromatic heterocycles. The third kappa shape index (κ3) is 2.45. The van der Waals surface area contributed by atoms with Crippen molar-refractivity contribution in [2.75, 3.05) is 0 Å². The molecule has 0 aliphatic carbocycles. The minimum absolute atomic E-state index is 0.125. The lowest BCUT2D eigenvalue weighted by molar-refractivity contribution is 1.23. The molecule has 0 aliphatic heterocycles. The number of rotatable bonds is 2. The second kappa shape index (κ2) is 4.99. The van der Waals surface area contributed by atoms with Gasteiger partial charge in [0.15, 0.2) is 0 Å². The molecule has 0 atom stereocenters. The monoisotopic (exact) mass is 288 g/mol. The predicted molar refractivity (Wildman–Crippen MR) is 78.6 cm³/mol. The van der Waals surface area contributed by atoms with Crippen molar-refractivity contribution in [1.82, 2.24) is 9.97 Å². The van der Waals surface area contributed by atoms with E-state index in [4.69, 9.17) is 11.6 Å². The van der Waals surface area contributed by atoms with E-state index in [9.17, 15) is 4.79 Å². The summed E-state index contributed by atoms with van der Waals surface area (Å²) < 4.78 is 0. The summed E-state index contributed by atoms with van der Waals surface area (Å²) in [4.78, 5) is 18.8. The molecule has 19 heavy (non-hydrogen) atoms. The van der Waals surface area contributed by atoms with Gasteiger partial charge in [0.2, 0.25) is 0 Å². The van der Waals surface area contributed by atoms with Crippen LogP contribution in [-0.4, -0.2) is 9.97 Å². The molecule has 0 amide bonds. The highest BCUT2D eigenvalue weighted by molar-refractivity contribution is 7.13. The zero-order valence-corrected chi connectivity index (χ0v) is 11.3. The van der Waals surface area contributed by atoms with Crippen LogP contribution in [0, 0.1) is 0 Å².